The van der Waals surface area contributed by atoms with Gasteiger partial charge in [0.15, 0.2) is 0 Å². The zero-order valence-electron chi connectivity index (χ0n) is 11.8. The molecule has 1 aromatic heterocycles. The Morgan fingerprint density at radius 2 is 2.27 bits per heavy atom. The summed E-state index contributed by atoms with van der Waals surface area (Å²) in [7, 11) is 0. The quantitative estimate of drug-likeness (QED) is 0.881. The summed E-state index contributed by atoms with van der Waals surface area (Å²) >= 11 is 7.75. The summed E-state index contributed by atoms with van der Waals surface area (Å²) in [5, 5.41) is 2.99. The molecule has 0 radical (unpaired) electrons. The van der Waals surface area contributed by atoms with Gasteiger partial charge in [-0.2, -0.15) is 0 Å². The first kappa shape index (κ1) is 15.5. The van der Waals surface area contributed by atoms with E-state index in [4.69, 9.17) is 26.8 Å². The highest BCUT2D eigenvalue weighted by molar-refractivity contribution is 7.15. The normalized spacial score (nSPS) is 22.4. The van der Waals surface area contributed by atoms with Crippen LogP contribution >= 0.6 is 22.9 Å². The maximum Gasteiger partial charge on any atom is 0.415 e. The third kappa shape index (κ3) is 2.91. The molecule has 2 N–H and O–H groups in total. The number of hydrogen-bond donors (Lipinski definition) is 1. The number of amides is 2. The largest absolute Gasteiger partial charge is 0.443 e. The van der Waals surface area contributed by atoms with Gasteiger partial charge in [-0.05, 0) is 5.38 Å². The van der Waals surface area contributed by atoms with Gasteiger partial charge in [0.2, 0.25) is 5.91 Å². The molecule has 2 saturated heterocycles. The van der Waals surface area contributed by atoms with E-state index in [2.05, 4.69) is 0 Å². The minimum absolute atomic E-state index is 0.0566. The van der Waals surface area contributed by atoms with Gasteiger partial charge in [-0.1, -0.05) is 11.6 Å². The van der Waals surface area contributed by atoms with Crippen molar-refractivity contribution < 1.29 is 19.1 Å². The average molecular weight is 346 g/mol. The zero-order valence-corrected chi connectivity index (χ0v) is 13.4. The number of nitrogens with zero attached hydrogens (tertiary/aromatic N) is 2. The van der Waals surface area contributed by atoms with Gasteiger partial charge in [-0.25, -0.2) is 4.79 Å². The summed E-state index contributed by atoms with van der Waals surface area (Å²) in [4.78, 5) is 26.8. The van der Waals surface area contributed by atoms with Gasteiger partial charge in [-0.15, -0.1) is 11.3 Å². The number of carbonyl (C=O) groups excluding carboxylic acids is 2. The summed E-state index contributed by atoms with van der Waals surface area (Å²) in [6.45, 7) is 2.26. The highest BCUT2D eigenvalue weighted by Gasteiger charge is 2.34. The Hall–Kier alpha value is -1.35. The topological polar surface area (TPSA) is 85.1 Å². The molecule has 3 rings (SSSR count). The molecule has 120 valence electrons. The van der Waals surface area contributed by atoms with Crippen molar-refractivity contribution in [1.82, 2.24) is 4.90 Å². The summed E-state index contributed by atoms with van der Waals surface area (Å²) < 4.78 is 10.2. The van der Waals surface area contributed by atoms with E-state index in [0.29, 0.717) is 36.3 Å². The molecule has 7 nitrogen and oxygen atoms in total. The predicted octanol–water partition coefficient (Wildman–Crippen LogP) is 1.04. The first-order valence-electron chi connectivity index (χ1n) is 6.89. The third-order valence-electron chi connectivity index (χ3n) is 3.61. The molecule has 1 aromatic rings. The molecule has 1 atom stereocenters. The summed E-state index contributed by atoms with van der Waals surface area (Å²) in [6.07, 6.45) is -0.747. The minimum Gasteiger partial charge on any atom is -0.443 e. The molecule has 9 heteroatoms. The highest BCUT2D eigenvalue weighted by Crippen LogP contribution is 2.38. The second-order valence-electron chi connectivity index (χ2n) is 5.10. The fourth-order valence-electron chi connectivity index (χ4n) is 2.39. The second-order valence-corrected chi connectivity index (χ2v) is 6.34. The van der Waals surface area contributed by atoms with Crippen molar-refractivity contribution in [3.8, 4) is 0 Å². The number of nitrogens with two attached hydrogens (primary N) is 1. The van der Waals surface area contributed by atoms with Crippen LogP contribution in [0.2, 0.25) is 5.02 Å². The van der Waals surface area contributed by atoms with Crippen LogP contribution in [0.15, 0.2) is 5.38 Å². The van der Waals surface area contributed by atoms with Crippen LogP contribution in [0.25, 0.3) is 0 Å². The zero-order chi connectivity index (χ0) is 15.7. The monoisotopic (exact) mass is 345 g/mol. The summed E-state index contributed by atoms with van der Waals surface area (Å²) in [5.41, 5.74) is 6.35. The number of morpholine rings is 1. The molecule has 2 amide bonds. The lowest BCUT2D eigenvalue weighted by Crippen LogP contribution is -2.40. The van der Waals surface area contributed by atoms with Crippen LogP contribution in [0.4, 0.5) is 9.80 Å². The number of ether oxygens (including phenoxy) is 2. The van der Waals surface area contributed by atoms with Crippen LogP contribution in [0.5, 0.6) is 0 Å². The number of hydrogen-bond acceptors (Lipinski definition) is 6. The van der Waals surface area contributed by atoms with Crippen molar-refractivity contribution in [3.63, 3.8) is 0 Å². The van der Waals surface area contributed by atoms with Crippen LogP contribution < -0.4 is 10.6 Å². The van der Waals surface area contributed by atoms with Crippen LogP contribution in [0.1, 0.15) is 5.56 Å². The lowest BCUT2D eigenvalue weighted by atomic mass is 10.2. The third-order valence-corrected chi connectivity index (χ3v) is 5.19. The Kier molecular flexibility index (Phi) is 4.53. The van der Waals surface area contributed by atoms with Crippen molar-refractivity contribution in [1.29, 1.82) is 0 Å². The van der Waals surface area contributed by atoms with Crippen molar-refractivity contribution in [2.45, 2.75) is 12.6 Å². The molecule has 0 bridgehead atoms. The van der Waals surface area contributed by atoms with Crippen LogP contribution in [0.3, 0.4) is 0 Å². The number of cyclic esters (lactones) is 1. The van der Waals surface area contributed by atoms with Gasteiger partial charge < -0.3 is 20.1 Å². The van der Waals surface area contributed by atoms with Gasteiger partial charge >= 0.3 is 6.09 Å². The highest BCUT2D eigenvalue weighted by atomic mass is 35.5. The molecule has 2 aliphatic heterocycles. The van der Waals surface area contributed by atoms with Gasteiger partial charge in [0.1, 0.15) is 17.7 Å². The Morgan fingerprint density at radius 1 is 1.45 bits per heavy atom. The van der Waals surface area contributed by atoms with Gasteiger partial charge in [0.05, 0.1) is 18.2 Å². The number of carbonyl (C=O) groups is 2. The lowest BCUT2D eigenvalue weighted by Gasteiger charge is -2.26. The minimum atomic E-state index is -0.437. The smallest absolute Gasteiger partial charge is 0.415 e. The van der Waals surface area contributed by atoms with E-state index in [0.717, 1.165) is 5.56 Å². The molecule has 0 unspecified atom stereocenters. The number of halogens is 1. The molecular formula is C13H16ClN3O4S. The Labute approximate surface area is 136 Å². The molecule has 0 aromatic carbocycles. The SMILES string of the molecule is NC[C@H]1CN(c2scc(CN3CCOCC3=O)c2Cl)C(=O)O1. The van der Waals surface area contributed by atoms with Gasteiger partial charge in [-0.3, -0.25) is 9.69 Å². The average Bonchev–Trinajstić information content (AvgIpc) is 3.05. The maximum absolute atomic E-state index is 11.9. The van der Waals surface area contributed by atoms with E-state index in [-0.39, 0.29) is 25.2 Å². The first-order valence-corrected chi connectivity index (χ1v) is 8.15. The predicted molar refractivity (Wildman–Crippen MR) is 82.2 cm³/mol. The van der Waals surface area contributed by atoms with E-state index in [1.807, 2.05) is 5.38 Å². The van der Waals surface area contributed by atoms with Crippen LogP contribution in [-0.2, 0) is 20.8 Å². The van der Waals surface area contributed by atoms with E-state index >= 15 is 0 Å². The van der Waals surface area contributed by atoms with E-state index in [1.165, 1.54) is 16.2 Å². The molecule has 22 heavy (non-hydrogen) atoms. The number of thiophene rings is 1. The Morgan fingerprint density at radius 3 is 2.95 bits per heavy atom. The molecule has 2 fully saturated rings. The van der Waals surface area contributed by atoms with Crippen molar-refractivity contribution in [3.05, 3.63) is 16.0 Å². The maximum atomic E-state index is 11.9. The van der Waals surface area contributed by atoms with Crippen LogP contribution in [0, 0.1) is 0 Å². The fraction of sp³-hybridized carbons (Fsp3) is 0.538. The van der Waals surface area contributed by atoms with E-state index in [9.17, 15) is 9.59 Å². The van der Waals surface area contributed by atoms with Crippen molar-refractivity contribution in [2.75, 3.05) is 37.7 Å². The Bertz CT molecular complexity index is 594. The van der Waals surface area contributed by atoms with Gasteiger partial charge in [0, 0.05) is 25.2 Å². The number of rotatable bonds is 4. The molecule has 0 spiro atoms. The first-order chi connectivity index (χ1) is 10.6. The van der Waals surface area contributed by atoms with E-state index in [1.54, 1.807) is 4.90 Å². The fourth-order valence-corrected chi connectivity index (χ4v) is 3.76. The summed E-state index contributed by atoms with van der Waals surface area (Å²) in [5.74, 6) is -0.0566. The van der Waals surface area contributed by atoms with Gasteiger partial charge in [0.25, 0.3) is 0 Å². The molecule has 0 saturated carbocycles. The lowest BCUT2D eigenvalue weighted by molar-refractivity contribution is -0.143. The molecule has 0 aliphatic carbocycles. The number of anilines is 1. The standard InChI is InChI=1S/C13H16ClN3O4S/c14-11-8(4-16-1-2-20-6-10(16)18)7-22-12(11)17-5-9(3-15)21-13(17)19/h7,9H,1-6,15H2/t9-/m0/s1. The van der Waals surface area contributed by atoms with Crippen molar-refractivity contribution in [2.24, 2.45) is 5.73 Å². The molecule has 2 aliphatic rings. The van der Waals surface area contributed by atoms with Crippen LogP contribution in [-0.4, -0.2) is 55.9 Å². The molecular weight excluding hydrogens is 330 g/mol. The summed E-state index contributed by atoms with van der Waals surface area (Å²) in [6, 6.07) is 0. The van der Waals surface area contributed by atoms with Crippen molar-refractivity contribution >= 4 is 39.9 Å². The Balaban J connectivity index is 1.74. The van der Waals surface area contributed by atoms with E-state index < -0.39 is 6.09 Å². The molecule has 3 heterocycles. The second kappa shape index (κ2) is 6.41.